The molecule has 1 aromatic carbocycles. The van der Waals surface area contributed by atoms with E-state index in [1.54, 1.807) is 31.2 Å². The minimum absolute atomic E-state index is 0.0598. The van der Waals surface area contributed by atoms with Gasteiger partial charge in [0.05, 0.1) is 42.2 Å². The minimum Gasteiger partial charge on any atom is -0.377 e. The maximum absolute atomic E-state index is 12.4. The number of amides is 2. The Hall–Kier alpha value is -2.91. The number of carbonyl (C=O) groups is 1. The van der Waals surface area contributed by atoms with Crippen molar-refractivity contribution < 1.29 is 27.4 Å². The molecule has 1 aliphatic carbocycles. The number of ether oxygens (including phenoxy) is 1. The summed E-state index contributed by atoms with van der Waals surface area (Å²) in [5.74, 6) is 1.07. The summed E-state index contributed by atoms with van der Waals surface area (Å²) >= 11 is 1.30. The zero-order chi connectivity index (χ0) is 28.7. The Morgan fingerprint density at radius 3 is 2.55 bits per heavy atom. The van der Waals surface area contributed by atoms with Gasteiger partial charge in [-0.3, -0.25) is 9.11 Å². The second-order valence-electron chi connectivity index (χ2n) is 10.0. The SMILES string of the molecule is Cc1nc(C)c(S(O)(O)C2(c3cc(N4CCOC[C@@H]4C)nc(-c4ccc(NC(=O)NCC(F)F)cc4)n3)CC2)s1. The van der Waals surface area contributed by atoms with Gasteiger partial charge in [0.15, 0.2) is 5.82 Å². The van der Waals surface area contributed by atoms with Gasteiger partial charge in [-0.2, -0.15) is 0 Å². The summed E-state index contributed by atoms with van der Waals surface area (Å²) in [6, 6.07) is 7.90. The number of aromatic nitrogens is 3. The molecule has 0 unspecified atom stereocenters. The number of benzene rings is 1. The van der Waals surface area contributed by atoms with Gasteiger partial charge in [0.2, 0.25) is 0 Å². The van der Waals surface area contributed by atoms with Crippen molar-refractivity contribution in [3.63, 3.8) is 0 Å². The van der Waals surface area contributed by atoms with E-state index < -0.39 is 34.3 Å². The number of hydrogen-bond donors (Lipinski definition) is 4. The molecule has 3 aromatic rings. The second-order valence-corrected chi connectivity index (χ2v) is 13.8. The second kappa shape index (κ2) is 11.2. The van der Waals surface area contributed by atoms with Gasteiger partial charge in [-0.25, -0.2) is 28.5 Å². The van der Waals surface area contributed by atoms with Crippen molar-refractivity contribution in [1.29, 1.82) is 0 Å². The number of anilines is 2. The Labute approximate surface area is 236 Å². The maximum Gasteiger partial charge on any atom is 0.319 e. The highest BCUT2D eigenvalue weighted by Crippen LogP contribution is 2.76. The molecule has 0 radical (unpaired) electrons. The lowest BCUT2D eigenvalue weighted by molar-refractivity contribution is 0.0985. The van der Waals surface area contributed by atoms with E-state index in [0.29, 0.717) is 71.1 Å². The Kier molecular flexibility index (Phi) is 7.99. The number of alkyl halides is 2. The molecule has 2 amide bonds. The van der Waals surface area contributed by atoms with Gasteiger partial charge < -0.3 is 20.3 Å². The number of aryl methyl sites for hydroxylation is 2. The number of hydrogen-bond acceptors (Lipinski definition) is 9. The zero-order valence-electron chi connectivity index (χ0n) is 22.4. The van der Waals surface area contributed by atoms with Crippen LogP contribution in [0.25, 0.3) is 11.4 Å². The first-order chi connectivity index (χ1) is 19.0. The molecular weight excluding hydrogens is 562 g/mol. The Balaban J connectivity index is 1.51. The van der Waals surface area contributed by atoms with Crippen LogP contribution in [0.15, 0.2) is 34.5 Å². The van der Waals surface area contributed by atoms with Crippen molar-refractivity contribution >= 4 is 39.5 Å². The number of nitrogens with zero attached hydrogens (tertiary/aromatic N) is 4. The molecule has 2 fully saturated rings. The monoisotopic (exact) mass is 594 g/mol. The molecule has 14 heteroatoms. The lowest BCUT2D eigenvalue weighted by Gasteiger charge is -2.40. The number of halogens is 2. The third-order valence-corrected chi connectivity index (χ3v) is 11.4. The van der Waals surface area contributed by atoms with Crippen LogP contribution in [-0.4, -0.2) is 68.9 Å². The van der Waals surface area contributed by atoms with Crippen LogP contribution in [0.3, 0.4) is 0 Å². The van der Waals surface area contributed by atoms with Gasteiger partial charge in [-0.15, -0.1) is 21.9 Å². The van der Waals surface area contributed by atoms with Crippen molar-refractivity contribution in [3.05, 3.63) is 46.7 Å². The number of rotatable bonds is 8. The molecule has 1 saturated heterocycles. The summed E-state index contributed by atoms with van der Waals surface area (Å²) in [6.07, 6.45) is -1.51. The topological polar surface area (TPSA) is 133 Å². The van der Waals surface area contributed by atoms with Gasteiger partial charge in [-0.05, 0) is 57.9 Å². The molecule has 0 bridgehead atoms. The van der Waals surface area contributed by atoms with Crippen LogP contribution in [0.5, 0.6) is 0 Å². The molecule has 5 rings (SSSR count). The van der Waals surface area contributed by atoms with E-state index in [4.69, 9.17) is 14.7 Å². The fourth-order valence-corrected chi connectivity index (χ4v) is 8.64. The van der Waals surface area contributed by atoms with Crippen LogP contribution in [0, 0.1) is 13.8 Å². The average Bonchev–Trinajstić information content (AvgIpc) is 3.67. The summed E-state index contributed by atoms with van der Waals surface area (Å²) < 4.78 is 53.2. The van der Waals surface area contributed by atoms with E-state index in [2.05, 4.69) is 20.5 Å². The van der Waals surface area contributed by atoms with Gasteiger partial charge in [-0.1, -0.05) is 0 Å². The van der Waals surface area contributed by atoms with Gasteiger partial charge >= 0.3 is 6.03 Å². The van der Waals surface area contributed by atoms with Gasteiger partial charge in [0.25, 0.3) is 6.43 Å². The largest absolute Gasteiger partial charge is 0.377 e. The number of carbonyl (C=O) groups excluding carboxylic acids is 1. The normalized spacial score (nSPS) is 19.0. The lowest BCUT2D eigenvalue weighted by Crippen LogP contribution is -2.44. The fraction of sp³-hybridized carbons (Fsp3) is 0.462. The Morgan fingerprint density at radius 1 is 1.23 bits per heavy atom. The van der Waals surface area contributed by atoms with Crippen LogP contribution >= 0.6 is 21.9 Å². The van der Waals surface area contributed by atoms with Crippen molar-refractivity contribution in [2.75, 3.05) is 36.5 Å². The molecular formula is C26H32F2N6O4S2. The van der Waals surface area contributed by atoms with E-state index >= 15 is 0 Å². The first kappa shape index (κ1) is 28.6. The standard InChI is InChI=1S/C26H32F2N6O4S2/c1-15-14-38-11-10-34(15)22-12-20(26(8-9-26)40(36,37)24-16(2)30-17(3)39-24)32-23(33-22)18-4-6-19(7-5-18)31-25(35)29-13-21(27)28/h4-7,12,15,21,36-37H,8-11,13-14H2,1-3H3,(H2,29,31,35)/t15-/m0/s1. The predicted octanol–water partition coefficient (Wildman–Crippen LogP) is 5.63. The zero-order valence-corrected chi connectivity index (χ0v) is 24.0. The number of thiazole rings is 1. The highest BCUT2D eigenvalue weighted by molar-refractivity contribution is 8.26. The molecule has 40 heavy (non-hydrogen) atoms. The highest BCUT2D eigenvalue weighted by atomic mass is 32.3. The minimum atomic E-state index is -3.27. The predicted molar refractivity (Wildman–Crippen MR) is 152 cm³/mol. The van der Waals surface area contributed by atoms with Crippen LogP contribution in [-0.2, 0) is 9.48 Å². The van der Waals surface area contributed by atoms with E-state index in [1.165, 1.54) is 11.3 Å². The van der Waals surface area contributed by atoms with Gasteiger partial charge in [0, 0.05) is 23.9 Å². The van der Waals surface area contributed by atoms with Crippen LogP contribution in [0.2, 0.25) is 0 Å². The molecule has 3 heterocycles. The lowest BCUT2D eigenvalue weighted by atomic mass is 10.1. The van der Waals surface area contributed by atoms with E-state index in [-0.39, 0.29) is 6.04 Å². The first-order valence-electron chi connectivity index (χ1n) is 12.9. The molecule has 0 spiro atoms. The van der Waals surface area contributed by atoms with Crippen LogP contribution in [0.1, 0.15) is 36.2 Å². The Morgan fingerprint density at radius 2 is 1.95 bits per heavy atom. The van der Waals surface area contributed by atoms with Crippen molar-refractivity contribution in [2.24, 2.45) is 0 Å². The van der Waals surface area contributed by atoms with Crippen LogP contribution < -0.4 is 15.5 Å². The van der Waals surface area contributed by atoms with Crippen molar-refractivity contribution in [3.8, 4) is 11.4 Å². The molecule has 1 saturated carbocycles. The molecule has 2 aliphatic rings. The smallest absolute Gasteiger partial charge is 0.319 e. The third kappa shape index (κ3) is 5.63. The molecule has 1 aliphatic heterocycles. The number of nitrogens with one attached hydrogen (secondary N) is 2. The third-order valence-electron chi connectivity index (χ3n) is 7.03. The summed E-state index contributed by atoms with van der Waals surface area (Å²) in [5.41, 5.74) is 2.24. The summed E-state index contributed by atoms with van der Waals surface area (Å²) in [4.78, 5) is 28.1. The summed E-state index contributed by atoms with van der Waals surface area (Å²) in [6.45, 7) is 6.66. The van der Waals surface area contributed by atoms with E-state index in [9.17, 15) is 22.7 Å². The molecule has 4 N–H and O–H groups in total. The van der Waals surface area contributed by atoms with E-state index in [1.807, 2.05) is 19.9 Å². The molecule has 1 atom stereocenters. The Bertz CT molecular complexity index is 1380. The van der Waals surface area contributed by atoms with Crippen LogP contribution in [0.4, 0.5) is 25.1 Å². The number of urea groups is 1. The highest BCUT2D eigenvalue weighted by Gasteiger charge is 2.58. The molecule has 10 nitrogen and oxygen atoms in total. The van der Waals surface area contributed by atoms with E-state index in [0.717, 1.165) is 5.01 Å². The number of morpholine rings is 1. The first-order valence-corrected chi connectivity index (χ1v) is 15.3. The maximum atomic E-state index is 12.4. The summed E-state index contributed by atoms with van der Waals surface area (Å²) in [5, 5.41) is 5.39. The summed E-state index contributed by atoms with van der Waals surface area (Å²) in [7, 11) is -3.27. The quantitative estimate of drug-likeness (QED) is 0.264. The molecule has 216 valence electrons. The van der Waals surface area contributed by atoms with Gasteiger partial charge in [0.1, 0.15) is 14.8 Å². The molecule has 2 aromatic heterocycles. The fourth-order valence-electron chi connectivity index (χ4n) is 4.81. The average molecular weight is 595 g/mol. The van der Waals surface area contributed by atoms with Crippen molar-refractivity contribution in [2.45, 2.75) is 55.0 Å². The van der Waals surface area contributed by atoms with Crippen molar-refractivity contribution in [1.82, 2.24) is 20.3 Å².